The zero-order valence-corrected chi connectivity index (χ0v) is 17.6. The van der Waals surface area contributed by atoms with Gasteiger partial charge in [-0.3, -0.25) is 4.79 Å². The molecule has 1 aromatic heterocycles. The van der Waals surface area contributed by atoms with Crippen LogP contribution in [0.4, 0.5) is 0 Å². The summed E-state index contributed by atoms with van der Waals surface area (Å²) in [6, 6.07) is 13.4. The van der Waals surface area contributed by atoms with Gasteiger partial charge in [0.2, 0.25) is 0 Å². The number of fused-ring (bicyclic) bond motifs is 1. The second-order valence-corrected chi connectivity index (χ2v) is 7.57. The number of rotatable bonds is 7. The Hall–Kier alpha value is -3.65. The average Bonchev–Trinajstić information content (AvgIpc) is 3.29. The number of nitrogens with one attached hydrogen (secondary N) is 1. The highest BCUT2D eigenvalue weighted by molar-refractivity contribution is 5.96. The van der Waals surface area contributed by atoms with Gasteiger partial charge in [-0.25, -0.2) is 9.59 Å². The van der Waals surface area contributed by atoms with E-state index in [1.54, 1.807) is 18.2 Å². The molecule has 1 atom stereocenters. The van der Waals surface area contributed by atoms with Crippen molar-refractivity contribution in [1.29, 1.82) is 0 Å². The molecule has 166 valence electrons. The molecule has 0 bridgehead atoms. The molecule has 1 amide bonds. The standard InChI is InChI=1S/C24H23NO7/c1-15-4-2-5-17(10-15)30-14-22(26)31-18-8-7-16-11-20(24(28)32-21(16)12-18)23(27)25-13-19-6-3-9-29-19/h2,4-5,7-8,10-12,19H,3,6,9,13-14H2,1H3,(H,25,27). The molecule has 8 nitrogen and oxygen atoms in total. The van der Waals surface area contributed by atoms with Gasteiger partial charge in [-0.05, 0) is 55.7 Å². The predicted molar refractivity (Wildman–Crippen MR) is 116 cm³/mol. The largest absolute Gasteiger partial charge is 0.482 e. The summed E-state index contributed by atoms with van der Waals surface area (Å²) in [7, 11) is 0. The molecule has 1 fully saturated rings. The van der Waals surface area contributed by atoms with Crippen molar-refractivity contribution in [3.8, 4) is 11.5 Å². The van der Waals surface area contributed by atoms with E-state index in [9.17, 15) is 14.4 Å². The van der Waals surface area contributed by atoms with Crippen LogP contribution in [-0.2, 0) is 9.53 Å². The van der Waals surface area contributed by atoms with Crippen LogP contribution in [0.1, 0.15) is 28.8 Å². The lowest BCUT2D eigenvalue weighted by molar-refractivity contribution is -0.136. The number of carbonyl (C=O) groups is 2. The molecule has 1 aliphatic heterocycles. The Kier molecular flexibility index (Phi) is 6.51. The van der Waals surface area contributed by atoms with E-state index in [2.05, 4.69) is 5.32 Å². The fourth-order valence-electron chi connectivity index (χ4n) is 3.43. The molecule has 0 aliphatic carbocycles. The van der Waals surface area contributed by atoms with Crippen molar-refractivity contribution >= 4 is 22.8 Å². The van der Waals surface area contributed by atoms with E-state index in [0.29, 0.717) is 24.3 Å². The van der Waals surface area contributed by atoms with Crippen LogP contribution in [0, 0.1) is 6.92 Å². The van der Waals surface area contributed by atoms with Crippen molar-refractivity contribution in [3.63, 3.8) is 0 Å². The summed E-state index contributed by atoms with van der Waals surface area (Å²) in [5, 5.41) is 3.24. The van der Waals surface area contributed by atoms with Crippen LogP contribution >= 0.6 is 0 Å². The average molecular weight is 437 g/mol. The highest BCUT2D eigenvalue weighted by Crippen LogP contribution is 2.21. The molecule has 0 saturated carbocycles. The first-order chi connectivity index (χ1) is 15.5. The molecule has 3 aromatic rings. The number of hydrogen-bond donors (Lipinski definition) is 1. The van der Waals surface area contributed by atoms with Gasteiger partial charge in [-0.15, -0.1) is 0 Å². The van der Waals surface area contributed by atoms with Gasteiger partial charge in [0.1, 0.15) is 22.6 Å². The van der Waals surface area contributed by atoms with Crippen molar-refractivity contribution < 1.29 is 28.2 Å². The number of esters is 1. The van der Waals surface area contributed by atoms with Crippen LogP contribution in [0.5, 0.6) is 11.5 Å². The highest BCUT2D eigenvalue weighted by atomic mass is 16.6. The summed E-state index contributed by atoms with van der Waals surface area (Å²) >= 11 is 0. The van der Waals surface area contributed by atoms with Gasteiger partial charge >= 0.3 is 11.6 Å². The summed E-state index contributed by atoms with van der Waals surface area (Å²) < 4.78 is 21.4. The van der Waals surface area contributed by atoms with Gasteiger partial charge in [0, 0.05) is 24.6 Å². The Labute approximate surface area is 184 Å². The molecule has 1 N–H and O–H groups in total. The molecular weight excluding hydrogens is 414 g/mol. The summed E-state index contributed by atoms with van der Waals surface area (Å²) in [5.41, 5.74) is 0.358. The Morgan fingerprint density at radius 3 is 2.78 bits per heavy atom. The fraction of sp³-hybridized carbons (Fsp3) is 0.292. The van der Waals surface area contributed by atoms with Crippen molar-refractivity contribution in [3.05, 3.63) is 70.1 Å². The second-order valence-electron chi connectivity index (χ2n) is 7.57. The summed E-state index contributed by atoms with van der Waals surface area (Å²) in [4.78, 5) is 36.8. The molecule has 32 heavy (non-hydrogen) atoms. The molecule has 0 radical (unpaired) electrons. The van der Waals surface area contributed by atoms with E-state index in [4.69, 9.17) is 18.6 Å². The highest BCUT2D eigenvalue weighted by Gasteiger charge is 2.19. The van der Waals surface area contributed by atoms with E-state index in [1.165, 1.54) is 12.1 Å². The van der Waals surface area contributed by atoms with Crippen LogP contribution in [-0.4, -0.2) is 37.7 Å². The van der Waals surface area contributed by atoms with Crippen LogP contribution in [0.25, 0.3) is 11.0 Å². The van der Waals surface area contributed by atoms with Crippen molar-refractivity contribution in [1.82, 2.24) is 5.32 Å². The lowest BCUT2D eigenvalue weighted by Gasteiger charge is -2.10. The maximum absolute atomic E-state index is 12.4. The van der Waals surface area contributed by atoms with E-state index in [1.807, 2.05) is 25.1 Å². The Morgan fingerprint density at radius 2 is 2.00 bits per heavy atom. The van der Waals surface area contributed by atoms with E-state index in [0.717, 1.165) is 18.4 Å². The number of aryl methyl sites for hydroxylation is 1. The minimum atomic E-state index is -0.770. The maximum atomic E-state index is 12.4. The lowest BCUT2D eigenvalue weighted by Crippen LogP contribution is -2.34. The maximum Gasteiger partial charge on any atom is 0.349 e. The van der Waals surface area contributed by atoms with Crippen molar-refractivity contribution in [2.75, 3.05) is 19.8 Å². The summed E-state index contributed by atoms with van der Waals surface area (Å²) in [5.74, 6) is -0.343. The van der Waals surface area contributed by atoms with Crippen molar-refractivity contribution in [2.45, 2.75) is 25.9 Å². The quantitative estimate of drug-likeness (QED) is 0.344. The van der Waals surface area contributed by atoms with Crippen LogP contribution in [0.2, 0.25) is 0 Å². The number of carbonyl (C=O) groups excluding carboxylic acids is 2. The molecule has 1 saturated heterocycles. The normalized spacial score (nSPS) is 15.5. The molecule has 4 rings (SSSR count). The Morgan fingerprint density at radius 1 is 1.12 bits per heavy atom. The van der Waals surface area contributed by atoms with Crippen molar-refractivity contribution in [2.24, 2.45) is 0 Å². The molecule has 1 unspecified atom stereocenters. The molecular formula is C24H23NO7. The third-order valence-electron chi connectivity index (χ3n) is 5.04. The molecule has 2 heterocycles. The third kappa shape index (κ3) is 5.33. The van der Waals surface area contributed by atoms with Gasteiger partial charge in [-0.2, -0.15) is 0 Å². The zero-order valence-electron chi connectivity index (χ0n) is 17.6. The molecule has 2 aromatic carbocycles. The topological polar surface area (TPSA) is 104 Å². The van der Waals surface area contributed by atoms with Gasteiger partial charge < -0.3 is 23.9 Å². The minimum Gasteiger partial charge on any atom is -0.482 e. The fourth-order valence-corrected chi connectivity index (χ4v) is 3.43. The first kappa shape index (κ1) is 21.6. The molecule has 8 heteroatoms. The van der Waals surface area contributed by atoms with Gasteiger partial charge in [0.15, 0.2) is 6.61 Å². The Bertz CT molecular complexity index is 1190. The van der Waals surface area contributed by atoms with E-state index < -0.39 is 17.5 Å². The first-order valence-electron chi connectivity index (χ1n) is 10.4. The minimum absolute atomic E-state index is 0.0291. The second kappa shape index (κ2) is 9.65. The van der Waals surface area contributed by atoms with Gasteiger partial charge in [-0.1, -0.05) is 12.1 Å². The predicted octanol–water partition coefficient (Wildman–Crippen LogP) is 2.99. The van der Waals surface area contributed by atoms with E-state index in [-0.39, 0.29) is 29.6 Å². The monoisotopic (exact) mass is 437 g/mol. The van der Waals surface area contributed by atoms with Gasteiger partial charge in [0.05, 0.1) is 6.10 Å². The third-order valence-corrected chi connectivity index (χ3v) is 5.04. The first-order valence-corrected chi connectivity index (χ1v) is 10.4. The summed E-state index contributed by atoms with van der Waals surface area (Å²) in [6.45, 7) is 2.68. The number of amides is 1. The van der Waals surface area contributed by atoms with Crippen LogP contribution in [0.3, 0.4) is 0 Å². The number of benzene rings is 2. The van der Waals surface area contributed by atoms with Crippen LogP contribution < -0.4 is 20.4 Å². The summed E-state index contributed by atoms with van der Waals surface area (Å²) in [6.07, 6.45) is 1.81. The van der Waals surface area contributed by atoms with Crippen LogP contribution in [0.15, 0.2) is 57.7 Å². The van der Waals surface area contributed by atoms with Gasteiger partial charge in [0.25, 0.3) is 5.91 Å². The molecule has 1 aliphatic rings. The smallest absolute Gasteiger partial charge is 0.349 e. The van der Waals surface area contributed by atoms with E-state index >= 15 is 0 Å². The molecule has 0 spiro atoms. The number of hydrogen-bond acceptors (Lipinski definition) is 7. The SMILES string of the molecule is Cc1cccc(OCC(=O)Oc2ccc3cc(C(=O)NCC4CCCO4)c(=O)oc3c2)c1. The zero-order chi connectivity index (χ0) is 22.5. The number of ether oxygens (including phenoxy) is 3. The Balaban J connectivity index is 1.40. The lowest BCUT2D eigenvalue weighted by atomic mass is 10.1.